The summed E-state index contributed by atoms with van der Waals surface area (Å²) in [6.45, 7) is 4.19. The van der Waals surface area contributed by atoms with Crippen molar-refractivity contribution in [2.24, 2.45) is 0 Å². The van der Waals surface area contributed by atoms with E-state index in [9.17, 15) is 9.50 Å². The smallest absolute Gasteiger partial charge is 0.126 e. The van der Waals surface area contributed by atoms with E-state index >= 15 is 0 Å². The highest BCUT2D eigenvalue weighted by molar-refractivity contribution is 5.23. The Morgan fingerprint density at radius 1 is 1.50 bits per heavy atom. The lowest BCUT2D eigenvalue weighted by Gasteiger charge is -2.29. The predicted octanol–water partition coefficient (Wildman–Crippen LogP) is 2.09. The van der Waals surface area contributed by atoms with E-state index in [1.807, 2.05) is 12.1 Å². The summed E-state index contributed by atoms with van der Waals surface area (Å²) in [7, 11) is 0. The van der Waals surface area contributed by atoms with E-state index in [2.05, 4.69) is 4.90 Å². The predicted molar refractivity (Wildman–Crippen MR) is 61.7 cm³/mol. The van der Waals surface area contributed by atoms with Gasteiger partial charge in [-0.2, -0.15) is 0 Å². The molecule has 2 nitrogen and oxygen atoms in total. The fourth-order valence-corrected chi connectivity index (χ4v) is 2.17. The van der Waals surface area contributed by atoms with Crippen molar-refractivity contribution in [3.63, 3.8) is 0 Å². The number of hydrogen-bond donors (Lipinski definition) is 1. The number of aliphatic hydroxyl groups is 1. The maximum absolute atomic E-state index is 13.3. The monoisotopic (exact) mass is 223 g/mol. The van der Waals surface area contributed by atoms with E-state index in [-0.39, 0.29) is 11.9 Å². The van der Waals surface area contributed by atoms with Crippen molar-refractivity contribution in [1.82, 2.24) is 4.90 Å². The molecule has 0 amide bonds. The molecule has 0 radical (unpaired) electrons. The van der Waals surface area contributed by atoms with Gasteiger partial charge in [0.15, 0.2) is 0 Å². The highest BCUT2D eigenvalue weighted by Gasteiger charge is 2.17. The zero-order chi connectivity index (χ0) is 11.5. The van der Waals surface area contributed by atoms with Gasteiger partial charge in [-0.3, -0.25) is 4.90 Å². The molecule has 1 atom stereocenters. The van der Waals surface area contributed by atoms with Gasteiger partial charge in [0.05, 0.1) is 6.10 Å². The summed E-state index contributed by atoms with van der Waals surface area (Å²) < 4.78 is 13.3. The van der Waals surface area contributed by atoms with Crippen LogP contribution in [0.5, 0.6) is 0 Å². The lowest BCUT2D eigenvalue weighted by atomic mass is 10.1. The molecular weight excluding hydrogens is 205 g/mol. The van der Waals surface area contributed by atoms with Gasteiger partial charge in [0.1, 0.15) is 5.82 Å². The number of hydrogen-bond acceptors (Lipinski definition) is 2. The molecule has 1 fully saturated rings. The topological polar surface area (TPSA) is 23.5 Å². The van der Waals surface area contributed by atoms with Gasteiger partial charge in [0.2, 0.25) is 0 Å². The molecule has 0 spiro atoms. The zero-order valence-electron chi connectivity index (χ0n) is 9.62. The van der Waals surface area contributed by atoms with Gasteiger partial charge >= 0.3 is 0 Å². The Morgan fingerprint density at radius 2 is 2.31 bits per heavy atom. The number of likely N-dealkylation sites (tertiary alicyclic amines) is 1. The zero-order valence-corrected chi connectivity index (χ0v) is 9.62. The molecule has 1 unspecified atom stereocenters. The minimum absolute atomic E-state index is 0.143. The summed E-state index contributed by atoms with van der Waals surface area (Å²) in [5, 5.41) is 9.54. The van der Waals surface area contributed by atoms with Crippen LogP contribution in [0, 0.1) is 12.7 Å². The van der Waals surface area contributed by atoms with Gasteiger partial charge in [0.25, 0.3) is 0 Å². The van der Waals surface area contributed by atoms with Crippen molar-refractivity contribution < 1.29 is 9.50 Å². The van der Waals surface area contributed by atoms with Crippen molar-refractivity contribution in [1.29, 1.82) is 0 Å². The lowest BCUT2D eigenvalue weighted by Crippen LogP contribution is -2.37. The first-order valence-electron chi connectivity index (χ1n) is 5.80. The van der Waals surface area contributed by atoms with Crippen LogP contribution >= 0.6 is 0 Å². The van der Waals surface area contributed by atoms with Crippen LogP contribution in [0.3, 0.4) is 0 Å². The van der Waals surface area contributed by atoms with Crippen molar-refractivity contribution in [3.8, 4) is 0 Å². The van der Waals surface area contributed by atoms with Crippen LogP contribution in [0.15, 0.2) is 18.2 Å². The van der Waals surface area contributed by atoms with E-state index in [0.717, 1.165) is 31.5 Å². The molecule has 1 heterocycles. The Bertz CT molecular complexity index is 367. The molecule has 1 aliphatic heterocycles. The first kappa shape index (κ1) is 11.6. The van der Waals surface area contributed by atoms with Gasteiger partial charge in [-0.15, -0.1) is 0 Å². The molecule has 0 saturated carbocycles. The van der Waals surface area contributed by atoms with Gasteiger partial charge in [-0.05, 0) is 43.5 Å². The van der Waals surface area contributed by atoms with Crippen molar-refractivity contribution in [2.45, 2.75) is 32.4 Å². The van der Waals surface area contributed by atoms with E-state index in [0.29, 0.717) is 12.1 Å². The summed E-state index contributed by atoms with van der Waals surface area (Å²) in [5.41, 5.74) is 1.67. The molecule has 3 heteroatoms. The summed E-state index contributed by atoms with van der Waals surface area (Å²) in [4.78, 5) is 2.18. The molecule has 1 aromatic rings. The Balaban J connectivity index is 2.00. The Labute approximate surface area is 95.7 Å². The van der Waals surface area contributed by atoms with Gasteiger partial charge < -0.3 is 5.11 Å². The second-order valence-electron chi connectivity index (χ2n) is 4.61. The molecular formula is C13H18FNO. The maximum atomic E-state index is 13.3. The van der Waals surface area contributed by atoms with E-state index in [1.165, 1.54) is 0 Å². The van der Waals surface area contributed by atoms with Crippen LogP contribution in [0.4, 0.5) is 4.39 Å². The normalized spacial score (nSPS) is 22.3. The Morgan fingerprint density at radius 3 is 3.00 bits per heavy atom. The number of nitrogens with zero attached hydrogens (tertiary/aromatic N) is 1. The van der Waals surface area contributed by atoms with Crippen LogP contribution in [-0.2, 0) is 6.54 Å². The highest BCUT2D eigenvalue weighted by Crippen LogP contribution is 2.15. The molecule has 0 aromatic heterocycles. The number of aliphatic hydroxyl groups excluding tert-OH is 1. The van der Waals surface area contributed by atoms with E-state index in [4.69, 9.17) is 0 Å². The number of aryl methyl sites for hydroxylation is 1. The Hall–Kier alpha value is -0.930. The minimum atomic E-state index is -0.218. The number of halogens is 1. The van der Waals surface area contributed by atoms with Gasteiger partial charge in [-0.1, -0.05) is 12.1 Å². The molecule has 0 aliphatic carbocycles. The molecule has 1 aromatic carbocycles. The third kappa shape index (κ3) is 2.80. The number of rotatable bonds is 2. The molecule has 2 rings (SSSR count). The van der Waals surface area contributed by atoms with Crippen molar-refractivity contribution in [3.05, 3.63) is 35.1 Å². The van der Waals surface area contributed by atoms with Crippen LogP contribution in [0.2, 0.25) is 0 Å². The average Bonchev–Trinajstić information content (AvgIpc) is 2.24. The maximum Gasteiger partial charge on any atom is 0.126 e. The molecule has 1 N–H and O–H groups in total. The summed E-state index contributed by atoms with van der Waals surface area (Å²) in [6.07, 6.45) is 1.69. The SMILES string of the molecule is Cc1ccc(CN2CCCC(O)C2)cc1F. The molecule has 0 bridgehead atoms. The van der Waals surface area contributed by atoms with Crippen LogP contribution in [0.1, 0.15) is 24.0 Å². The standard InChI is InChI=1S/C13H18FNO/c1-10-4-5-11(7-13(10)14)8-15-6-2-3-12(16)9-15/h4-5,7,12,16H,2-3,6,8-9H2,1H3. The van der Waals surface area contributed by atoms with E-state index in [1.54, 1.807) is 13.0 Å². The third-order valence-electron chi connectivity index (χ3n) is 3.12. The number of piperidine rings is 1. The molecule has 88 valence electrons. The first-order valence-corrected chi connectivity index (χ1v) is 5.80. The Kier molecular flexibility index (Phi) is 3.56. The fraction of sp³-hybridized carbons (Fsp3) is 0.538. The van der Waals surface area contributed by atoms with Crippen LogP contribution in [0.25, 0.3) is 0 Å². The van der Waals surface area contributed by atoms with Gasteiger partial charge in [-0.25, -0.2) is 4.39 Å². The quantitative estimate of drug-likeness (QED) is 0.830. The molecule has 1 saturated heterocycles. The second-order valence-corrected chi connectivity index (χ2v) is 4.61. The third-order valence-corrected chi connectivity index (χ3v) is 3.12. The summed E-state index contributed by atoms with van der Waals surface area (Å²) >= 11 is 0. The minimum Gasteiger partial charge on any atom is -0.392 e. The van der Waals surface area contributed by atoms with Gasteiger partial charge in [0, 0.05) is 13.1 Å². The fourth-order valence-electron chi connectivity index (χ4n) is 2.17. The molecule has 16 heavy (non-hydrogen) atoms. The van der Waals surface area contributed by atoms with Crippen molar-refractivity contribution >= 4 is 0 Å². The first-order chi connectivity index (χ1) is 7.65. The highest BCUT2D eigenvalue weighted by atomic mass is 19.1. The lowest BCUT2D eigenvalue weighted by molar-refractivity contribution is 0.0668. The number of β-amino-alcohol motifs (C(OH)–C–C–N with tert-alkyl or cyclic N) is 1. The molecule has 1 aliphatic rings. The average molecular weight is 223 g/mol. The van der Waals surface area contributed by atoms with Crippen molar-refractivity contribution in [2.75, 3.05) is 13.1 Å². The largest absolute Gasteiger partial charge is 0.392 e. The number of benzene rings is 1. The van der Waals surface area contributed by atoms with E-state index < -0.39 is 0 Å². The second kappa shape index (κ2) is 4.93. The van der Waals surface area contributed by atoms with Crippen LogP contribution < -0.4 is 0 Å². The summed E-state index contributed by atoms with van der Waals surface area (Å²) in [6, 6.07) is 5.36. The summed E-state index contributed by atoms with van der Waals surface area (Å²) in [5.74, 6) is -0.143. The van der Waals surface area contributed by atoms with Crippen LogP contribution in [-0.4, -0.2) is 29.2 Å².